The van der Waals surface area contributed by atoms with Crippen LogP contribution >= 0.6 is 46.4 Å². The van der Waals surface area contributed by atoms with Crippen LogP contribution in [0.15, 0.2) is 146 Å². The second-order valence-electron chi connectivity index (χ2n) is 14.0. The molecule has 4 heterocycles. The van der Waals surface area contributed by atoms with E-state index >= 15 is 0 Å². The summed E-state index contributed by atoms with van der Waals surface area (Å²) >= 11 is 22.1. The van der Waals surface area contributed by atoms with Crippen LogP contribution in [0.1, 0.15) is 0 Å². The summed E-state index contributed by atoms with van der Waals surface area (Å²) in [6.07, 6.45) is 4.82. The Labute approximate surface area is 390 Å². The molecule has 4 aromatic carbocycles. The van der Waals surface area contributed by atoms with Gasteiger partial charge < -0.3 is 20.4 Å². The molecule has 0 spiro atoms. The fraction of sp³-hybridized carbons (Fsp3) is 0.273. The number of hydrogen-bond donors (Lipinski definition) is 4. The average Bonchev–Trinajstić information content (AvgIpc) is 4.20. The maximum atomic E-state index is 9.37. The van der Waals surface area contributed by atoms with Gasteiger partial charge in [-0.15, -0.1) is 66.8 Å². The molecule has 0 fully saturated rings. The van der Waals surface area contributed by atoms with Gasteiger partial charge in [0.1, 0.15) is 22.8 Å². The van der Waals surface area contributed by atoms with E-state index in [1.165, 1.54) is 0 Å². The third-order valence-electron chi connectivity index (χ3n) is 8.74. The zero-order chi connectivity index (χ0) is 45.5. The molecule has 0 aliphatic heterocycles. The average molecular weight is 951 g/mol. The molecular formula is C44H48Cl4N12O4. The number of aliphatic hydroxyl groups excluding tert-OH is 4. The summed E-state index contributed by atoms with van der Waals surface area (Å²) in [7, 11) is 0. The summed E-state index contributed by atoms with van der Waals surface area (Å²) in [4.78, 5) is 0. The highest BCUT2D eigenvalue weighted by atomic mass is 35.5. The van der Waals surface area contributed by atoms with Crippen molar-refractivity contribution < 1.29 is 20.4 Å². The lowest BCUT2D eigenvalue weighted by molar-refractivity contribution is 0.170. The molecule has 0 saturated carbocycles. The molecule has 0 saturated heterocycles. The lowest BCUT2D eigenvalue weighted by Gasteiger charge is -2.04. The molecule has 4 atom stereocenters. The number of halogens is 4. The summed E-state index contributed by atoms with van der Waals surface area (Å²) in [5.74, 6) is 0.780. The SMILES string of the molecule is O[C@@H](CCl)Cn1cc(-c2ccccc2)nn1.O[C@@H](CCl)Cn1cc(-c2ccccc2)nn1.O[C@H](CCl)Cn1cc(-c2ccccc2)nn1.O[C@H](CCl)Cn1cc(-c2ccccc2)nn1. The number of rotatable bonds is 16. The van der Waals surface area contributed by atoms with Gasteiger partial charge >= 0.3 is 0 Å². The Morgan fingerprint density at radius 1 is 0.328 bits per heavy atom. The standard InChI is InChI=1S/4C11H12ClN3O/c4*12-6-10(16)7-15-8-11(13-14-15)9-4-2-1-3-5-9/h4*1-5,8,10,16H,6-7H2/t4*10-/m1100/s1. The first kappa shape index (κ1) is 49.5. The van der Waals surface area contributed by atoms with E-state index in [-0.39, 0.29) is 23.5 Å². The van der Waals surface area contributed by atoms with E-state index in [0.717, 1.165) is 45.0 Å². The number of alkyl halides is 4. The summed E-state index contributed by atoms with van der Waals surface area (Å²) in [6.45, 7) is 1.46. The highest BCUT2D eigenvalue weighted by molar-refractivity contribution is 6.18. The number of benzene rings is 4. The smallest absolute Gasteiger partial charge is 0.113 e. The molecule has 8 aromatic rings. The van der Waals surface area contributed by atoms with Gasteiger partial charge in [0.15, 0.2) is 0 Å². The van der Waals surface area contributed by atoms with Crippen LogP contribution in [-0.4, -0.2) is 128 Å². The number of hydrogen-bond acceptors (Lipinski definition) is 12. The Kier molecular flexibility index (Phi) is 20.8. The van der Waals surface area contributed by atoms with E-state index in [4.69, 9.17) is 46.4 Å². The third kappa shape index (κ3) is 16.5. The van der Waals surface area contributed by atoms with E-state index in [0.29, 0.717) is 26.2 Å². The van der Waals surface area contributed by atoms with Crippen LogP contribution in [0.2, 0.25) is 0 Å². The molecule has 20 heteroatoms. The summed E-state index contributed by atoms with van der Waals surface area (Å²) in [6, 6.07) is 39.1. The van der Waals surface area contributed by atoms with E-state index in [9.17, 15) is 20.4 Å². The molecule has 0 bridgehead atoms. The second-order valence-corrected chi connectivity index (χ2v) is 15.2. The molecular weight excluding hydrogens is 902 g/mol. The van der Waals surface area contributed by atoms with Gasteiger partial charge in [0.2, 0.25) is 0 Å². The normalized spacial score (nSPS) is 12.6. The monoisotopic (exact) mass is 948 g/mol. The van der Waals surface area contributed by atoms with Crippen LogP contribution in [0.4, 0.5) is 0 Å². The fourth-order valence-electron chi connectivity index (χ4n) is 5.57. The molecule has 336 valence electrons. The number of aliphatic hydroxyl groups is 4. The van der Waals surface area contributed by atoms with Crippen molar-refractivity contribution in [2.24, 2.45) is 0 Å². The highest BCUT2D eigenvalue weighted by Gasteiger charge is 2.10. The van der Waals surface area contributed by atoms with Crippen molar-refractivity contribution in [3.05, 3.63) is 146 Å². The molecule has 8 rings (SSSR count). The largest absolute Gasteiger partial charge is 0.390 e. The first-order valence-electron chi connectivity index (χ1n) is 20.0. The fourth-order valence-corrected chi connectivity index (χ4v) is 5.96. The summed E-state index contributed by atoms with van der Waals surface area (Å²) < 4.78 is 6.37. The minimum absolute atomic E-state index is 0.195. The Morgan fingerprint density at radius 2 is 0.516 bits per heavy atom. The van der Waals surface area contributed by atoms with E-state index in [2.05, 4.69) is 41.2 Å². The predicted molar refractivity (Wildman–Crippen MR) is 249 cm³/mol. The van der Waals surface area contributed by atoms with Crippen molar-refractivity contribution in [3.8, 4) is 45.0 Å². The Morgan fingerprint density at radius 3 is 0.688 bits per heavy atom. The van der Waals surface area contributed by atoms with Gasteiger partial charge in [0.05, 0.1) is 98.9 Å². The zero-order valence-corrected chi connectivity index (χ0v) is 37.5. The first-order chi connectivity index (χ1) is 31.2. The molecule has 4 N–H and O–H groups in total. The maximum absolute atomic E-state index is 9.37. The second kappa shape index (κ2) is 26.9. The van der Waals surface area contributed by atoms with Crippen LogP contribution in [0.5, 0.6) is 0 Å². The van der Waals surface area contributed by atoms with E-state index in [1.807, 2.05) is 121 Å². The van der Waals surface area contributed by atoms with Gasteiger partial charge in [-0.2, -0.15) is 0 Å². The van der Waals surface area contributed by atoms with Gasteiger partial charge in [-0.25, -0.2) is 18.7 Å². The first-order valence-corrected chi connectivity index (χ1v) is 22.1. The van der Waals surface area contributed by atoms with Crippen molar-refractivity contribution in [3.63, 3.8) is 0 Å². The molecule has 0 aliphatic rings. The third-order valence-corrected chi connectivity index (χ3v) is 10.2. The van der Waals surface area contributed by atoms with E-state index in [1.54, 1.807) is 43.5 Å². The number of aromatic nitrogens is 12. The molecule has 0 amide bonds. The molecule has 64 heavy (non-hydrogen) atoms. The van der Waals surface area contributed by atoms with Crippen molar-refractivity contribution in [2.75, 3.05) is 23.5 Å². The molecule has 0 aliphatic carbocycles. The lowest BCUT2D eigenvalue weighted by Crippen LogP contribution is -2.17. The molecule has 0 unspecified atom stereocenters. The van der Waals surface area contributed by atoms with Gasteiger partial charge in [-0.3, -0.25) is 0 Å². The predicted octanol–water partition coefficient (Wildman–Crippen LogP) is 6.18. The van der Waals surface area contributed by atoms with Crippen molar-refractivity contribution >= 4 is 46.4 Å². The summed E-state index contributed by atoms with van der Waals surface area (Å²) in [5, 5.41) is 69.3. The Balaban J connectivity index is 0.000000161. The summed E-state index contributed by atoms with van der Waals surface area (Å²) in [5.41, 5.74) is 7.21. The van der Waals surface area contributed by atoms with Gasteiger partial charge in [-0.1, -0.05) is 142 Å². The van der Waals surface area contributed by atoms with Crippen LogP contribution in [0.3, 0.4) is 0 Å². The quantitative estimate of drug-likeness (QED) is 0.0803. The zero-order valence-electron chi connectivity index (χ0n) is 34.5. The van der Waals surface area contributed by atoms with Gasteiger partial charge in [0.25, 0.3) is 0 Å². The Hall–Kier alpha value is -5.56. The van der Waals surface area contributed by atoms with Gasteiger partial charge in [0, 0.05) is 22.3 Å². The molecule has 4 aromatic heterocycles. The Bertz CT molecular complexity index is 2120. The van der Waals surface area contributed by atoms with Crippen molar-refractivity contribution in [1.29, 1.82) is 0 Å². The maximum Gasteiger partial charge on any atom is 0.113 e. The minimum atomic E-state index is -0.591. The van der Waals surface area contributed by atoms with Crippen molar-refractivity contribution in [2.45, 2.75) is 50.6 Å². The minimum Gasteiger partial charge on any atom is -0.390 e. The molecule has 16 nitrogen and oxygen atoms in total. The van der Waals surface area contributed by atoms with Crippen molar-refractivity contribution in [1.82, 2.24) is 60.0 Å². The lowest BCUT2D eigenvalue weighted by atomic mass is 10.2. The van der Waals surface area contributed by atoms with Crippen LogP contribution in [0.25, 0.3) is 45.0 Å². The van der Waals surface area contributed by atoms with Gasteiger partial charge in [-0.05, 0) is 0 Å². The highest BCUT2D eigenvalue weighted by Crippen LogP contribution is 2.18. The van der Waals surface area contributed by atoms with Crippen LogP contribution < -0.4 is 0 Å². The van der Waals surface area contributed by atoms with E-state index < -0.39 is 24.4 Å². The number of nitrogens with zero attached hydrogens (tertiary/aromatic N) is 12. The van der Waals surface area contributed by atoms with Crippen LogP contribution in [0, 0.1) is 0 Å². The topological polar surface area (TPSA) is 204 Å². The van der Waals surface area contributed by atoms with Crippen LogP contribution in [-0.2, 0) is 26.2 Å². The molecule has 0 radical (unpaired) electrons.